The maximum absolute atomic E-state index is 6.06. The van der Waals surface area contributed by atoms with E-state index >= 15 is 0 Å². The number of aromatic nitrogens is 1. The van der Waals surface area contributed by atoms with Crippen molar-refractivity contribution in [2.24, 2.45) is 5.84 Å². The van der Waals surface area contributed by atoms with Crippen LogP contribution in [0.3, 0.4) is 0 Å². The third kappa shape index (κ3) is 6.08. The average molecular weight is 323 g/mol. The van der Waals surface area contributed by atoms with E-state index in [1.54, 1.807) is 6.07 Å². The lowest BCUT2D eigenvalue weighted by atomic mass is 10.2. The van der Waals surface area contributed by atoms with E-state index in [4.69, 9.17) is 29.0 Å². The van der Waals surface area contributed by atoms with Gasteiger partial charge < -0.3 is 10.7 Å². The minimum absolute atomic E-state index is 0.412. The molecule has 0 atom stereocenters. The molecule has 0 spiro atoms. The van der Waals surface area contributed by atoms with Crippen molar-refractivity contribution in [1.82, 2.24) is 4.98 Å². The summed E-state index contributed by atoms with van der Waals surface area (Å²) in [6, 6.07) is 1.63. The molecule has 1 heterocycles. The summed E-state index contributed by atoms with van der Waals surface area (Å²) in [5.74, 6) is 7.60. The Hall–Kier alpha value is -0.360. The summed E-state index contributed by atoms with van der Waals surface area (Å²) in [5.41, 5.74) is 2.44. The van der Waals surface area contributed by atoms with Crippen molar-refractivity contribution >= 4 is 46.6 Å². The minimum Gasteiger partial charge on any atom is -0.369 e. The van der Waals surface area contributed by atoms with E-state index in [2.05, 4.69) is 22.0 Å². The number of thioether (sulfide) groups is 1. The summed E-state index contributed by atoms with van der Waals surface area (Å²) in [7, 11) is 0. The summed E-state index contributed by atoms with van der Waals surface area (Å²) in [6.07, 6.45) is 6.99. The molecule has 0 fully saturated rings. The summed E-state index contributed by atoms with van der Waals surface area (Å²) >= 11 is 13.9. The Morgan fingerprint density at radius 3 is 2.53 bits per heavy atom. The molecule has 0 amide bonds. The van der Waals surface area contributed by atoms with Gasteiger partial charge in [-0.15, -0.1) is 0 Å². The maximum Gasteiger partial charge on any atom is 0.161 e. The SMILES string of the molecule is CSCCCCCCNc1nc(NN)c(Cl)cc1Cl. The van der Waals surface area contributed by atoms with Crippen molar-refractivity contribution < 1.29 is 0 Å². The van der Waals surface area contributed by atoms with Crippen LogP contribution in [0, 0.1) is 0 Å². The van der Waals surface area contributed by atoms with E-state index < -0.39 is 0 Å². The number of rotatable bonds is 9. The van der Waals surface area contributed by atoms with Crippen LogP contribution in [0.4, 0.5) is 11.6 Å². The molecule has 0 bridgehead atoms. The Bertz CT molecular complexity index is 390. The highest BCUT2D eigenvalue weighted by Gasteiger charge is 2.07. The average Bonchev–Trinajstić information content (AvgIpc) is 2.40. The zero-order valence-electron chi connectivity index (χ0n) is 11.0. The number of hydrazine groups is 1. The summed E-state index contributed by atoms with van der Waals surface area (Å²) in [4.78, 5) is 4.22. The van der Waals surface area contributed by atoms with Gasteiger partial charge in [0.15, 0.2) is 5.82 Å². The van der Waals surface area contributed by atoms with Crippen molar-refractivity contribution in [3.8, 4) is 0 Å². The van der Waals surface area contributed by atoms with Crippen LogP contribution in [0.2, 0.25) is 10.0 Å². The molecule has 0 saturated carbocycles. The first-order chi connectivity index (χ1) is 9.19. The van der Waals surface area contributed by atoms with E-state index in [9.17, 15) is 0 Å². The molecular weight excluding hydrogens is 303 g/mol. The number of nitrogens with two attached hydrogens (primary N) is 1. The maximum atomic E-state index is 6.06. The van der Waals surface area contributed by atoms with Gasteiger partial charge in [0, 0.05) is 6.54 Å². The Morgan fingerprint density at radius 1 is 1.16 bits per heavy atom. The van der Waals surface area contributed by atoms with E-state index in [0.29, 0.717) is 21.7 Å². The van der Waals surface area contributed by atoms with E-state index in [1.165, 1.54) is 25.0 Å². The van der Waals surface area contributed by atoms with Crippen molar-refractivity contribution in [1.29, 1.82) is 0 Å². The Balaban J connectivity index is 2.33. The number of halogens is 2. The van der Waals surface area contributed by atoms with Crippen LogP contribution in [0.1, 0.15) is 25.7 Å². The smallest absolute Gasteiger partial charge is 0.161 e. The number of pyridine rings is 1. The van der Waals surface area contributed by atoms with E-state index in [1.807, 2.05) is 11.8 Å². The Labute approximate surface area is 128 Å². The second-order valence-electron chi connectivity index (χ2n) is 4.13. The fourth-order valence-corrected chi connectivity index (χ4v) is 2.60. The molecule has 0 aliphatic heterocycles. The predicted octanol–water partition coefficient (Wildman–Crippen LogP) is 4.01. The van der Waals surface area contributed by atoms with Gasteiger partial charge in [-0.2, -0.15) is 11.8 Å². The van der Waals surface area contributed by atoms with Gasteiger partial charge in [-0.1, -0.05) is 36.0 Å². The summed E-state index contributed by atoms with van der Waals surface area (Å²) in [6.45, 7) is 0.845. The third-order valence-corrected chi connectivity index (χ3v) is 3.91. The molecule has 108 valence electrons. The van der Waals surface area contributed by atoms with E-state index in [-0.39, 0.29) is 0 Å². The van der Waals surface area contributed by atoms with Crippen LogP contribution in [0.5, 0.6) is 0 Å². The van der Waals surface area contributed by atoms with Crippen molar-refractivity contribution in [2.75, 3.05) is 29.3 Å². The van der Waals surface area contributed by atoms with Gasteiger partial charge in [0.1, 0.15) is 5.82 Å². The lowest BCUT2D eigenvalue weighted by Gasteiger charge is -2.10. The molecular formula is C12H20Cl2N4S. The van der Waals surface area contributed by atoms with Crippen molar-refractivity contribution in [3.05, 3.63) is 16.1 Å². The lowest BCUT2D eigenvalue weighted by Crippen LogP contribution is -2.11. The fourth-order valence-electron chi connectivity index (χ4n) is 1.62. The fraction of sp³-hybridized carbons (Fsp3) is 0.583. The largest absolute Gasteiger partial charge is 0.369 e. The van der Waals surface area contributed by atoms with Crippen LogP contribution in [0.15, 0.2) is 6.07 Å². The van der Waals surface area contributed by atoms with Gasteiger partial charge in [-0.3, -0.25) is 0 Å². The molecule has 4 N–H and O–H groups in total. The normalized spacial score (nSPS) is 10.5. The summed E-state index contributed by atoms with van der Waals surface area (Å²) < 4.78 is 0. The Morgan fingerprint density at radius 2 is 1.84 bits per heavy atom. The van der Waals surface area contributed by atoms with Gasteiger partial charge in [0.2, 0.25) is 0 Å². The van der Waals surface area contributed by atoms with Crippen LogP contribution in [-0.4, -0.2) is 23.5 Å². The minimum atomic E-state index is 0.412. The lowest BCUT2D eigenvalue weighted by molar-refractivity contribution is 0.688. The standard InChI is InChI=1S/C12H20Cl2N4S/c1-19-7-5-3-2-4-6-16-11-9(13)8-10(14)12(17-11)18-15/h8H,2-7,15H2,1H3,(H2,16,17,18). The first kappa shape index (κ1) is 16.7. The molecule has 19 heavy (non-hydrogen) atoms. The first-order valence-electron chi connectivity index (χ1n) is 6.24. The second-order valence-corrected chi connectivity index (χ2v) is 5.93. The molecule has 0 aliphatic rings. The zero-order valence-corrected chi connectivity index (χ0v) is 13.3. The molecule has 0 saturated heterocycles. The van der Waals surface area contributed by atoms with Crippen LogP contribution < -0.4 is 16.6 Å². The molecule has 4 nitrogen and oxygen atoms in total. The van der Waals surface area contributed by atoms with Crippen LogP contribution in [0.25, 0.3) is 0 Å². The third-order valence-electron chi connectivity index (χ3n) is 2.63. The van der Waals surface area contributed by atoms with Gasteiger partial charge in [-0.05, 0) is 30.9 Å². The number of unbranched alkanes of at least 4 members (excludes halogenated alkanes) is 3. The number of anilines is 2. The highest BCUT2D eigenvalue weighted by molar-refractivity contribution is 7.98. The van der Waals surface area contributed by atoms with Gasteiger partial charge in [0.25, 0.3) is 0 Å². The monoisotopic (exact) mass is 322 g/mol. The predicted molar refractivity (Wildman–Crippen MR) is 87.4 cm³/mol. The highest BCUT2D eigenvalue weighted by Crippen LogP contribution is 2.28. The number of nitrogens with zero attached hydrogens (tertiary/aromatic N) is 1. The molecule has 0 aromatic carbocycles. The van der Waals surface area contributed by atoms with E-state index in [0.717, 1.165) is 13.0 Å². The first-order valence-corrected chi connectivity index (χ1v) is 8.39. The number of hydrogen-bond donors (Lipinski definition) is 3. The number of nitrogens with one attached hydrogen (secondary N) is 2. The molecule has 0 unspecified atom stereocenters. The molecule has 1 rings (SSSR count). The molecule has 1 aromatic rings. The van der Waals surface area contributed by atoms with Gasteiger partial charge in [0.05, 0.1) is 10.0 Å². The van der Waals surface area contributed by atoms with Gasteiger partial charge in [-0.25, -0.2) is 10.8 Å². The molecule has 7 heteroatoms. The topological polar surface area (TPSA) is 63.0 Å². The molecule has 0 aliphatic carbocycles. The second kappa shape index (κ2) is 9.53. The van der Waals surface area contributed by atoms with Crippen molar-refractivity contribution in [2.45, 2.75) is 25.7 Å². The van der Waals surface area contributed by atoms with Crippen LogP contribution >= 0.6 is 35.0 Å². The quantitative estimate of drug-likeness (QED) is 0.364. The van der Waals surface area contributed by atoms with Crippen molar-refractivity contribution in [3.63, 3.8) is 0 Å². The summed E-state index contributed by atoms with van der Waals surface area (Å²) in [5, 5.41) is 4.12. The molecule has 0 radical (unpaired) electrons. The Kier molecular flexibility index (Phi) is 8.37. The number of hydrogen-bond acceptors (Lipinski definition) is 5. The highest BCUT2D eigenvalue weighted by atomic mass is 35.5. The zero-order chi connectivity index (χ0) is 14.1. The van der Waals surface area contributed by atoms with Crippen LogP contribution in [-0.2, 0) is 0 Å². The number of nitrogen functional groups attached to an aromatic ring is 1. The molecule has 1 aromatic heterocycles. The van der Waals surface area contributed by atoms with Gasteiger partial charge >= 0.3 is 0 Å².